The molecule has 10 N–H and O–H groups in total. The lowest BCUT2D eigenvalue weighted by molar-refractivity contribution is -0.141. The lowest BCUT2D eigenvalue weighted by Crippen LogP contribution is -2.52. The number of aromatic nitrogens is 1. The number of thioether (sulfide) groups is 1. The second-order valence-corrected chi connectivity index (χ2v) is 13.1. The van der Waals surface area contributed by atoms with Gasteiger partial charge in [-0.2, -0.15) is 0 Å². The van der Waals surface area contributed by atoms with Gasteiger partial charge in [0.25, 0.3) is 0 Å². The van der Waals surface area contributed by atoms with E-state index in [1.165, 1.54) is 23.1 Å². The number of carbonyl (C=O) groups is 6. The fourth-order valence-electron chi connectivity index (χ4n) is 4.37. The normalized spacial score (nSPS) is 15.8. The average Bonchev–Trinajstić information content (AvgIpc) is 3.68. The van der Waals surface area contributed by atoms with Crippen molar-refractivity contribution < 1.29 is 39.0 Å². The Bertz CT molecular complexity index is 1580. The Balaban J connectivity index is 1.65. The zero-order chi connectivity index (χ0) is 35.4. The molecule has 48 heavy (non-hydrogen) atoms. The number of nitrogens with one attached hydrogen (secondary N) is 6. The second kappa shape index (κ2) is 17.9. The van der Waals surface area contributed by atoms with Crippen molar-refractivity contribution in [1.29, 1.82) is 5.41 Å². The number of carboxylic acid groups (broad SMARTS) is 2. The van der Waals surface area contributed by atoms with Crippen molar-refractivity contribution in [3.63, 3.8) is 0 Å². The molecule has 0 aliphatic carbocycles. The van der Waals surface area contributed by atoms with Gasteiger partial charge < -0.3 is 42.5 Å². The number of benzene rings is 1. The molecule has 2 heterocycles. The Kier molecular flexibility index (Phi) is 14.1. The van der Waals surface area contributed by atoms with Crippen LogP contribution in [0.25, 0.3) is 10.2 Å². The van der Waals surface area contributed by atoms with Gasteiger partial charge in [0.15, 0.2) is 12.0 Å². The SMILES string of the molecule is CC[C@H](C)CC(=O)N[C@@H](CC(=O)O)C(=O)NCC(=O)N[C@@H](CCCNC(=N)N)C(=O)Nc1ccc2nc(C3=N[C@@H](C(=O)O)CS3)sc2c1. The first-order valence-corrected chi connectivity index (χ1v) is 16.9. The summed E-state index contributed by atoms with van der Waals surface area (Å²) < 4.78 is 0.714. The van der Waals surface area contributed by atoms with Crippen molar-refractivity contribution in [2.24, 2.45) is 16.6 Å². The molecule has 4 atom stereocenters. The number of rotatable bonds is 18. The van der Waals surface area contributed by atoms with Crippen LogP contribution < -0.4 is 32.3 Å². The zero-order valence-corrected chi connectivity index (χ0v) is 28.0. The van der Waals surface area contributed by atoms with Crippen molar-refractivity contribution in [1.82, 2.24) is 26.3 Å². The molecule has 1 aliphatic rings. The van der Waals surface area contributed by atoms with Crippen molar-refractivity contribution in [2.75, 3.05) is 24.2 Å². The summed E-state index contributed by atoms with van der Waals surface area (Å²) in [5.74, 6) is -4.89. The Morgan fingerprint density at radius 1 is 1.04 bits per heavy atom. The Morgan fingerprint density at radius 3 is 2.42 bits per heavy atom. The first-order valence-electron chi connectivity index (χ1n) is 15.1. The molecule has 0 fully saturated rings. The van der Waals surface area contributed by atoms with E-state index in [-0.39, 0.29) is 31.3 Å². The second-order valence-electron chi connectivity index (χ2n) is 11.0. The number of nitrogens with zero attached hydrogens (tertiary/aromatic N) is 2. The molecule has 0 saturated heterocycles. The quantitative estimate of drug-likeness (QED) is 0.0581. The smallest absolute Gasteiger partial charge is 0.329 e. The number of nitrogens with two attached hydrogens (primary N) is 1. The van der Waals surface area contributed by atoms with E-state index in [0.717, 1.165) is 6.42 Å². The third-order valence-electron chi connectivity index (χ3n) is 7.10. The van der Waals surface area contributed by atoms with E-state index in [2.05, 4.69) is 36.6 Å². The van der Waals surface area contributed by atoms with Gasteiger partial charge in [0.05, 0.1) is 23.2 Å². The molecule has 1 aromatic carbocycles. The summed E-state index contributed by atoms with van der Waals surface area (Å²) in [5.41, 5.74) is 6.36. The van der Waals surface area contributed by atoms with Crippen molar-refractivity contribution in [3.8, 4) is 0 Å². The maximum atomic E-state index is 13.3. The number of anilines is 1. The summed E-state index contributed by atoms with van der Waals surface area (Å²) in [6.07, 6.45) is 0.606. The van der Waals surface area contributed by atoms with E-state index in [0.29, 0.717) is 38.1 Å². The predicted octanol–water partition coefficient (Wildman–Crippen LogP) is 0.441. The van der Waals surface area contributed by atoms with E-state index in [1.807, 2.05) is 13.8 Å². The lowest BCUT2D eigenvalue weighted by atomic mass is 10.0. The first kappa shape index (κ1) is 37.7. The van der Waals surface area contributed by atoms with Gasteiger partial charge in [0.2, 0.25) is 23.6 Å². The van der Waals surface area contributed by atoms with Crippen LogP contribution in [0, 0.1) is 11.3 Å². The topological polar surface area (TPSA) is 278 Å². The fraction of sp³-hybridized carbons (Fsp3) is 0.483. The van der Waals surface area contributed by atoms with Crippen LogP contribution in [-0.2, 0) is 28.8 Å². The van der Waals surface area contributed by atoms with Crippen LogP contribution in [0.4, 0.5) is 5.69 Å². The minimum Gasteiger partial charge on any atom is -0.481 e. The number of amides is 4. The van der Waals surface area contributed by atoms with Gasteiger partial charge in [0.1, 0.15) is 22.1 Å². The average molecular weight is 706 g/mol. The number of hydrogen-bond donors (Lipinski definition) is 9. The molecular weight excluding hydrogens is 667 g/mol. The van der Waals surface area contributed by atoms with Gasteiger partial charge in [-0.3, -0.25) is 34.4 Å². The molecule has 0 unspecified atom stereocenters. The monoisotopic (exact) mass is 705 g/mol. The number of guanidine groups is 1. The summed E-state index contributed by atoms with van der Waals surface area (Å²) >= 11 is 2.60. The third-order valence-corrected chi connectivity index (χ3v) is 9.30. The van der Waals surface area contributed by atoms with Gasteiger partial charge in [-0.15, -0.1) is 23.1 Å². The molecule has 0 bridgehead atoms. The van der Waals surface area contributed by atoms with E-state index < -0.39 is 66.7 Å². The molecular formula is C29H39N9O8S2. The Labute approximate surface area is 283 Å². The molecule has 0 saturated carbocycles. The van der Waals surface area contributed by atoms with E-state index >= 15 is 0 Å². The molecule has 19 heteroatoms. The van der Waals surface area contributed by atoms with E-state index in [1.54, 1.807) is 18.2 Å². The predicted molar refractivity (Wildman–Crippen MR) is 181 cm³/mol. The highest BCUT2D eigenvalue weighted by atomic mass is 32.2. The molecule has 2 aromatic rings. The fourth-order valence-corrected chi connectivity index (χ4v) is 6.47. The van der Waals surface area contributed by atoms with E-state index in [4.69, 9.17) is 11.1 Å². The molecule has 0 radical (unpaired) electrons. The largest absolute Gasteiger partial charge is 0.481 e. The number of thiazole rings is 1. The highest BCUT2D eigenvalue weighted by Crippen LogP contribution is 2.31. The number of carbonyl (C=O) groups excluding carboxylic acids is 4. The van der Waals surface area contributed by atoms with Crippen molar-refractivity contribution >= 4 is 85.6 Å². The molecule has 0 spiro atoms. The zero-order valence-electron chi connectivity index (χ0n) is 26.3. The molecule has 3 rings (SSSR count). The van der Waals surface area contributed by atoms with Gasteiger partial charge in [-0.05, 0) is 37.0 Å². The first-order chi connectivity index (χ1) is 22.7. The Morgan fingerprint density at radius 2 is 1.77 bits per heavy atom. The number of fused-ring (bicyclic) bond motifs is 1. The van der Waals surface area contributed by atoms with Gasteiger partial charge in [0, 0.05) is 24.4 Å². The van der Waals surface area contributed by atoms with E-state index in [9.17, 15) is 39.0 Å². The summed E-state index contributed by atoms with van der Waals surface area (Å²) in [5, 5.41) is 39.5. The van der Waals surface area contributed by atoms with Gasteiger partial charge >= 0.3 is 11.9 Å². The summed E-state index contributed by atoms with van der Waals surface area (Å²) in [6.45, 7) is 3.40. The Hall–Kier alpha value is -4.78. The van der Waals surface area contributed by atoms with Crippen molar-refractivity contribution in [2.45, 2.75) is 64.1 Å². The highest BCUT2D eigenvalue weighted by Gasteiger charge is 2.28. The minimum atomic E-state index is -1.40. The molecule has 17 nitrogen and oxygen atoms in total. The lowest BCUT2D eigenvalue weighted by Gasteiger charge is -2.20. The third kappa shape index (κ3) is 11.8. The number of hydrogen-bond acceptors (Lipinski definition) is 11. The standard InChI is InChI=1S/C29H39N9O8S2/c1-3-14(2)9-21(39)36-18(11-23(41)42)24(43)33-12-22(40)35-17(5-4-8-32-29(30)31)25(44)34-15-6-7-16-20(10-15)48-27(37-16)26-38-19(13-47-26)28(45)46/h6-7,10,14,17-19H,3-5,8-9,11-13H2,1-2H3,(H,33,43)(H,34,44)(H,35,40)(H,36,39)(H,41,42)(H,45,46)(H4,30,31,32)/t14-,17-,18-,19+/m0/s1. The number of aliphatic imine (C=N–C) groups is 1. The van der Waals surface area contributed by atoms with Gasteiger partial charge in [-0.1, -0.05) is 20.3 Å². The van der Waals surface area contributed by atoms with Crippen LogP contribution in [0.1, 0.15) is 51.0 Å². The van der Waals surface area contributed by atoms with Crippen molar-refractivity contribution in [3.05, 3.63) is 23.2 Å². The summed E-state index contributed by atoms with van der Waals surface area (Å²) in [7, 11) is 0. The minimum absolute atomic E-state index is 0.0268. The summed E-state index contributed by atoms with van der Waals surface area (Å²) in [4.78, 5) is 82.5. The molecule has 4 amide bonds. The van der Waals surface area contributed by atoms with Crippen LogP contribution in [0.5, 0.6) is 0 Å². The van der Waals surface area contributed by atoms with Crippen LogP contribution in [0.3, 0.4) is 0 Å². The van der Waals surface area contributed by atoms with Crippen LogP contribution >= 0.6 is 23.1 Å². The number of aliphatic carboxylic acids is 2. The maximum absolute atomic E-state index is 13.3. The maximum Gasteiger partial charge on any atom is 0.329 e. The molecule has 1 aromatic heterocycles. The van der Waals surface area contributed by atoms with Gasteiger partial charge in [-0.25, -0.2) is 9.78 Å². The highest BCUT2D eigenvalue weighted by molar-refractivity contribution is 8.15. The van der Waals surface area contributed by atoms with Crippen LogP contribution in [-0.4, -0.2) is 98.7 Å². The van der Waals surface area contributed by atoms with Crippen LogP contribution in [0.15, 0.2) is 23.2 Å². The molecule has 260 valence electrons. The van der Waals surface area contributed by atoms with Crippen LogP contribution in [0.2, 0.25) is 0 Å². The summed E-state index contributed by atoms with van der Waals surface area (Å²) in [6, 6.07) is 1.71. The number of carboxylic acids is 2. The molecule has 1 aliphatic heterocycles.